The predicted molar refractivity (Wildman–Crippen MR) is 69.1 cm³/mol. The molecule has 2 fully saturated rings. The highest BCUT2D eigenvalue weighted by atomic mass is 16.5. The van der Waals surface area contributed by atoms with Crippen LogP contribution in [-0.4, -0.2) is 42.2 Å². The molecule has 4 rings (SSSR count). The smallest absolute Gasteiger partial charge is 0.264 e. The van der Waals surface area contributed by atoms with Gasteiger partial charge in [0.2, 0.25) is 0 Å². The Morgan fingerprint density at radius 1 is 1.32 bits per heavy atom. The zero-order valence-electron chi connectivity index (χ0n) is 10.8. The van der Waals surface area contributed by atoms with E-state index in [0.29, 0.717) is 26.2 Å². The Kier molecular flexibility index (Phi) is 2.36. The van der Waals surface area contributed by atoms with Gasteiger partial charge in [0.25, 0.3) is 5.91 Å². The maximum Gasteiger partial charge on any atom is 0.264 e. The maximum atomic E-state index is 12.7. The molecular formula is C15H17NO3. The van der Waals surface area contributed by atoms with E-state index in [1.165, 1.54) is 0 Å². The lowest BCUT2D eigenvalue weighted by atomic mass is 10.1. The Morgan fingerprint density at radius 2 is 2.16 bits per heavy atom. The van der Waals surface area contributed by atoms with E-state index in [9.17, 15) is 4.79 Å². The molecule has 1 spiro atoms. The third-order valence-electron chi connectivity index (χ3n) is 4.42. The van der Waals surface area contributed by atoms with Crippen molar-refractivity contribution in [1.82, 2.24) is 4.90 Å². The van der Waals surface area contributed by atoms with Crippen LogP contribution in [0.25, 0.3) is 0 Å². The summed E-state index contributed by atoms with van der Waals surface area (Å²) in [5.74, 6) is 0.996. The highest BCUT2D eigenvalue weighted by Crippen LogP contribution is 2.44. The first-order valence-corrected chi connectivity index (χ1v) is 6.92. The number of nitrogens with zero attached hydrogens (tertiary/aromatic N) is 1. The number of hydrogen-bond acceptors (Lipinski definition) is 3. The first-order valence-electron chi connectivity index (χ1n) is 6.92. The summed E-state index contributed by atoms with van der Waals surface area (Å²) >= 11 is 0. The topological polar surface area (TPSA) is 38.8 Å². The lowest BCUT2D eigenvalue weighted by molar-refractivity contribution is -0.148. The highest BCUT2D eigenvalue weighted by molar-refractivity contribution is 5.84. The van der Waals surface area contributed by atoms with Gasteiger partial charge in [-0.15, -0.1) is 0 Å². The molecule has 4 heteroatoms. The maximum absolute atomic E-state index is 12.7. The van der Waals surface area contributed by atoms with Crippen molar-refractivity contribution in [1.29, 1.82) is 0 Å². The molecule has 2 aliphatic heterocycles. The molecule has 0 bridgehead atoms. The molecule has 1 aromatic carbocycles. The number of carbonyl (C=O) groups is 1. The van der Waals surface area contributed by atoms with Crippen LogP contribution in [0.2, 0.25) is 0 Å². The summed E-state index contributed by atoms with van der Waals surface area (Å²) in [6.07, 6.45) is 2.49. The second-order valence-corrected chi connectivity index (χ2v) is 5.69. The minimum Gasteiger partial charge on any atom is -0.480 e. The second-order valence-electron chi connectivity index (χ2n) is 5.69. The predicted octanol–water partition coefficient (Wildman–Crippen LogP) is 1.38. The van der Waals surface area contributed by atoms with Gasteiger partial charge in [0, 0.05) is 13.0 Å². The van der Waals surface area contributed by atoms with Crippen LogP contribution in [0.5, 0.6) is 5.75 Å². The molecule has 1 saturated carbocycles. The second kappa shape index (κ2) is 3.97. The van der Waals surface area contributed by atoms with E-state index in [-0.39, 0.29) is 17.6 Å². The summed E-state index contributed by atoms with van der Waals surface area (Å²) in [6, 6.07) is 7.92. The van der Waals surface area contributed by atoms with Gasteiger partial charge in [0.1, 0.15) is 5.75 Å². The van der Waals surface area contributed by atoms with Gasteiger partial charge in [-0.1, -0.05) is 18.2 Å². The van der Waals surface area contributed by atoms with E-state index in [2.05, 4.69) is 0 Å². The Hall–Kier alpha value is -1.55. The van der Waals surface area contributed by atoms with Crippen molar-refractivity contribution in [2.24, 2.45) is 0 Å². The fourth-order valence-electron chi connectivity index (χ4n) is 3.13. The summed E-state index contributed by atoms with van der Waals surface area (Å²) in [5.41, 5.74) is 1.13. The van der Waals surface area contributed by atoms with E-state index in [4.69, 9.17) is 9.47 Å². The lowest BCUT2D eigenvalue weighted by Gasteiger charge is -2.37. The van der Waals surface area contributed by atoms with Gasteiger partial charge in [-0.25, -0.2) is 0 Å². The van der Waals surface area contributed by atoms with Gasteiger partial charge in [0.05, 0.1) is 18.8 Å². The highest BCUT2D eigenvalue weighted by Gasteiger charge is 2.53. The number of hydrogen-bond donors (Lipinski definition) is 0. The lowest BCUT2D eigenvalue weighted by Crippen LogP contribution is -2.54. The summed E-state index contributed by atoms with van der Waals surface area (Å²) in [4.78, 5) is 14.7. The summed E-state index contributed by atoms with van der Waals surface area (Å²) in [5, 5.41) is 0. The van der Waals surface area contributed by atoms with Gasteiger partial charge in [-0.3, -0.25) is 4.79 Å². The quantitative estimate of drug-likeness (QED) is 0.765. The van der Waals surface area contributed by atoms with Crippen LogP contribution in [-0.2, 0) is 16.0 Å². The van der Waals surface area contributed by atoms with E-state index in [0.717, 1.165) is 24.2 Å². The number of carbonyl (C=O) groups excluding carboxylic acids is 1. The van der Waals surface area contributed by atoms with Crippen molar-refractivity contribution in [3.63, 3.8) is 0 Å². The van der Waals surface area contributed by atoms with Crippen molar-refractivity contribution in [2.75, 3.05) is 19.8 Å². The van der Waals surface area contributed by atoms with E-state index in [1.54, 1.807) is 0 Å². The van der Waals surface area contributed by atoms with Gasteiger partial charge in [0.15, 0.2) is 6.10 Å². The fraction of sp³-hybridized carbons (Fsp3) is 0.533. The van der Waals surface area contributed by atoms with Gasteiger partial charge in [-0.2, -0.15) is 0 Å². The number of amides is 1. The Morgan fingerprint density at radius 3 is 2.95 bits per heavy atom. The molecule has 100 valence electrons. The molecule has 1 saturated heterocycles. The normalized spacial score (nSPS) is 26.9. The Balaban J connectivity index is 1.53. The van der Waals surface area contributed by atoms with Crippen LogP contribution < -0.4 is 4.74 Å². The molecular weight excluding hydrogens is 242 g/mol. The fourth-order valence-corrected chi connectivity index (χ4v) is 3.13. The molecule has 0 N–H and O–H groups in total. The molecule has 3 aliphatic rings. The zero-order chi connectivity index (χ0) is 12.9. The number of rotatable bonds is 1. The van der Waals surface area contributed by atoms with Gasteiger partial charge >= 0.3 is 0 Å². The number of ether oxygens (including phenoxy) is 2. The van der Waals surface area contributed by atoms with Crippen molar-refractivity contribution in [2.45, 2.75) is 30.9 Å². The largest absolute Gasteiger partial charge is 0.480 e. The molecule has 4 nitrogen and oxygen atoms in total. The molecule has 1 aromatic rings. The standard InChI is InChI=1S/C15H17NO3/c17-14(16-7-8-18-10-15(16)5-6-15)13-9-11-3-1-2-4-12(11)19-13/h1-4,13H,5-10H2. The molecule has 1 aliphatic carbocycles. The van der Waals surface area contributed by atoms with Crippen LogP contribution in [0.1, 0.15) is 18.4 Å². The van der Waals surface area contributed by atoms with Crippen molar-refractivity contribution >= 4 is 5.91 Å². The molecule has 2 heterocycles. The SMILES string of the molecule is O=C(C1Cc2ccccc2O1)N1CCOCC12CC2. The summed E-state index contributed by atoms with van der Waals surface area (Å²) < 4.78 is 11.3. The third kappa shape index (κ3) is 1.74. The van der Waals surface area contributed by atoms with Crippen LogP contribution in [0.3, 0.4) is 0 Å². The number of para-hydroxylation sites is 1. The summed E-state index contributed by atoms with van der Waals surface area (Å²) in [6.45, 7) is 2.04. The van der Waals surface area contributed by atoms with E-state index in [1.807, 2.05) is 29.2 Å². The number of benzene rings is 1. The molecule has 1 atom stereocenters. The molecule has 0 aromatic heterocycles. The molecule has 19 heavy (non-hydrogen) atoms. The van der Waals surface area contributed by atoms with Crippen molar-refractivity contribution < 1.29 is 14.3 Å². The minimum atomic E-state index is -0.340. The number of fused-ring (bicyclic) bond motifs is 1. The first kappa shape index (κ1) is 11.3. The van der Waals surface area contributed by atoms with Crippen LogP contribution >= 0.6 is 0 Å². The average molecular weight is 259 g/mol. The van der Waals surface area contributed by atoms with Crippen molar-refractivity contribution in [3.05, 3.63) is 29.8 Å². The third-order valence-corrected chi connectivity index (χ3v) is 4.42. The van der Waals surface area contributed by atoms with Crippen molar-refractivity contribution in [3.8, 4) is 5.75 Å². The Bertz CT molecular complexity index is 499. The molecule has 0 radical (unpaired) electrons. The first-order chi connectivity index (χ1) is 9.28. The minimum absolute atomic E-state index is 0.00648. The average Bonchev–Trinajstić information content (AvgIpc) is 3.06. The van der Waals surface area contributed by atoms with Gasteiger partial charge < -0.3 is 14.4 Å². The van der Waals surface area contributed by atoms with Crippen LogP contribution in [0.4, 0.5) is 0 Å². The van der Waals surface area contributed by atoms with Gasteiger partial charge in [-0.05, 0) is 24.5 Å². The zero-order valence-corrected chi connectivity index (χ0v) is 10.8. The monoisotopic (exact) mass is 259 g/mol. The van der Waals surface area contributed by atoms with Crippen LogP contribution in [0.15, 0.2) is 24.3 Å². The summed E-state index contributed by atoms with van der Waals surface area (Å²) in [7, 11) is 0. The van der Waals surface area contributed by atoms with Crippen LogP contribution in [0, 0.1) is 0 Å². The van der Waals surface area contributed by atoms with E-state index >= 15 is 0 Å². The number of morpholine rings is 1. The molecule has 1 unspecified atom stereocenters. The van der Waals surface area contributed by atoms with E-state index < -0.39 is 0 Å². The Labute approximate surface area is 112 Å². The molecule has 1 amide bonds.